The van der Waals surface area contributed by atoms with Gasteiger partial charge < -0.3 is 4.74 Å². The first-order valence-electron chi connectivity index (χ1n) is 4.61. The summed E-state index contributed by atoms with van der Waals surface area (Å²) in [4.78, 5) is 4.29. The molecule has 76 valence electrons. The highest BCUT2D eigenvalue weighted by Crippen LogP contribution is 2.35. The number of ether oxygens (including phenoxy) is 1. The van der Waals surface area contributed by atoms with E-state index in [0.29, 0.717) is 6.61 Å². The largest absolute Gasteiger partial charge is 0.487 e. The van der Waals surface area contributed by atoms with Gasteiger partial charge in [0.1, 0.15) is 12.4 Å². The maximum absolute atomic E-state index is 5.59. The fourth-order valence-corrected chi connectivity index (χ4v) is 1.76. The number of aromatic nitrogens is 1. The second kappa shape index (κ2) is 3.91. The van der Waals surface area contributed by atoms with Gasteiger partial charge in [-0.05, 0) is 12.1 Å². The molecule has 0 amide bonds. The molecule has 0 aliphatic carbocycles. The Morgan fingerprint density at radius 2 is 1.80 bits per heavy atom. The summed E-state index contributed by atoms with van der Waals surface area (Å²) in [6.07, 6.45) is 1.80. The van der Waals surface area contributed by atoms with Gasteiger partial charge in [-0.25, -0.2) is 0 Å². The van der Waals surface area contributed by atoms with Gasteiger partial charge in [0, 0.05) is 17.3 Å². The zero-order valence-corrected chi connectivity index (χ0v) is 8.83. The highest BCUT2D eigenvalue weighted by Gasteiger charge is 2.16. The number of rotatable bonds is 0. The number of halogens is 1. The van der Waals surface area contributed by atoms with E-state index in [2.05, 4.69) is 17.1 Å². The molecule has 2 nitrogen and oxygen atoms in total. The standard InChI is InChI=1S/C12H9NO.ClH/c1-2-6-12-10(4-1)9-5-3-7-13-11(9)8-14-12;/h1-7H,8H2;1H. The summed E-state index contributed by atoms with van der Waals surface area (Å²) in [7, 11) is 0. The van der Waals surface area contributed by atoms with Crippen molar-refractivity contribution < 1.29 is 4.74 Å². The maximum Gasteiger partial charge on any atom is 0.131 e. The predicted molar refractivity (Wildman–Crippen MR) is 61.3 cm³/mol. The summed E-state index contributed by atoms with van der Waals surface area (Å²) in [5.41, 5.74) is 3.35. The quantitative estimate of drug-likeness (QED) is 0.680. The maximum atomic E-state index is 5.59. The normalized spacial score (nSPS) is 11.7. The van der Waals surface area contributed by atoms with Crippen molar-refractivity contribution in [1.29, 1.82) is 0 Å². The van der Waals surface area contributed by atoms with Crippen molar-refractivity contribution in [3.8, 4) is 16.9 Å². The van der Waals surface area contributed by atoms with Crippen molar-refractivity contribution in [1.82, 2.24) is 4.98 Å². The lowest BCUT2D eigenvalue weighted by Crippen LogP contribution is -2.06. The van der Waals surface area contributed by atoms with E-state index in [-0.39, 0.29) is 12.4 Å². The number of pyridine rings is 1. The molecule has 2 aromatic rings. The minimum atomic E-state index is 0. The third-order valence-electron chi connectivity index (χ3n) is 2.43. The van der Waals surface area contributed by atoms with Gasteiger partial charge in [0.05, 0.1) is 5.69 Å². The zero-order chi connectivity index (χ0) is 9.38. The molecule has 1 aromatic heterocycles. The van der Waals surface area contributed by atoms with E-state index in [9.17, 15) is 0 Å². The van der Waals surface area contributed by atoms with Crippen molar-refractivity contribution in [2.75, 3.05) is 0 Å². The highest BCUT2D eigenvalue weighted by molar-refractivity contribution is 5.85. The molecule has 1 aromatic carbocycles. The molecule has 15 heavy (non-hydrogen) atoms. The van der Waals surface area contributed by atoms with Gasteiger partial charge >= 0.3 is 0 Å². The van der Waals surface area contributed by atoms with Crippen molar-refractivity contribution in [2.24, 2.45) is 0 Å². The van der Waals surface area contributed by atoms with E-state index in [1.54, 1.807) is 6.20 Å². The van der Waals surface area contributed by atoms with Crippen LogP contribution in [0.4, 0.5) is 0 Å². The van der Waals surface area contributed by atoms with Crippen LogP contribution in [0, 0.1) is 0 Å². The van der Waals surface area contributed by atoms with Crippen LogP contribution in [-0.4, -0.2) is 4.98 Å². The molecule has 0 fully saturated rings. The average Bonchev–Trinajstić information content (AvgIpc) is 2.29. The van der Waals surface area contributed by atoms with E-state index < -0.39 is 0 Å². The molecule has 0 bridgehead atoms. The summed E-state index contributed by atoms with van der Waals surface area (Å²) in [6, 6.07) is 12.1. The predicted octanol–water partition coefficient (Wildman–Crippen LogP) is 3.06. The number of nitrogens with zero attached hydrogens (tertiary/aromatic N) is 1. The third-order valence-corrected chi connectivity index (χ3v) is 2.43. The van der Waals surface area contributed by atoms with Crippen LogP contribution in [0.25, 0.3) is 11.1 Å². The van der Waals surface area contributed by atoms with Crippen LogP contribution in [0.5, 0.6) is 5.75 Å². The third kappa shape index (κ3) is 1.57. The Morgan fingerprint density at radius 1 is 1.00 bits per heavy atom. The summed E-state index contributed by atoms with van der Waals surface area (Å²) >= 11 is 0. The van der Waals surface area contributed by atoms with Crippen molar-refractivity contribution in [2.45, 2.75) is 6.61 Å². The van der Waals surface area contributed by atoms with E-state index in [1.165, 1.54) is 5.56 Å². The molecule has 3 rings (SSSR count). The molecule has 0 atom stereocenters. The molecule has 0 saturated carbocycles. The Balaban J connectivity index is 0.000000853. The summed E-state index contributed by atoms with van der Waals surface area (Å²) in [5.74, 6) is 0.952. The van der Waals surface area contributed by atoms with E-state index in [4.69, 9.17) is 4.74 Å². The summed E-state index contributed by atoms with van der Waals surface area (Å²) < 4.78 is 5.59. The fourth-order valence-electron chi connectivity index (χ4n) is 1.76. The lowest BCUT2D eigenvalue weighted by atomic mass is 10.0. The zero-order valence-electron chi connectivity index (χ0n) is 8.01. The van der Waals surface area contributed by atoms with Gasteiger partial charge in [0.15, 0.2) is 0 Å². The molecule has 1 aliphatic heterocycles. The second-order valence-corrected chi connectivity index (χ2v) is 3.28. The van der Waals surface area contributed by atoms with Gasteiger partial charge in [-0.1, -0.05) is 24.3 Å². The number of hydrogen-bond acceptors (Lipinski definition) is 2. The SMILES string of the molecule is Cl.c1ccc2c(c1)OCc1ncccc1-2. The highest BCUT2D eigenvalue weighted by atomic mass is 35.5. The van der Waals surface area contributed by atoms with Crippen molar-refractivity contribution >= 4 is 12.4 Å². The molecule has 0 spiro atoms. The van der Waals surface area contributed by atoms with Gasteiger partial charge in [-0.15, -0.1) is 12.4 Å². The number of benzene rings is 1. The van der Waals surface area contributed by atoms with Gasteiger partial charge in [-0.2, -0.15) is 0 Å². The monoisotopic (exact) mass is 219 g/mol. The van der Waals surface area contributed by atoms with E-state index >= 15 is 0 Å². The molecule has 0 N–H and O–H groups in total. The number of para-hydroxylation sites is 1. The van der Waals surface area contributed by atoms with Crippen LogP contribution in [0.15, 0.2) is 42.6 Å². The first kappa shape index (κ1) is 9.99. The van der Waals surface area contributed by atoms with Gasteiger partial charge in [0.2, 0.25) is 0 Å². The van der Waals surface area contributed by atoms with Crippen LogP contribution in [-0.2, 0) is 6.61 Å². The average molecular weight is 220 g/mol. The molecular weight excluding hydrogens is 210 g/mol. The first-order chi connectivity index (χ1) is 6.95. The minimum absolute atomic E-state index is 0. The first-order valence-corrected chi connectivity index (χ1v) is 4.61. The second-order valence-electron chi connectivity index (χ2n) is 3.28. The lowest BCUT2D eigenvalue weighted by molar-refractivity contribution is 0.297. The molecule has 3 heteroatoms. The molecule has 1 aliphatic rings. The van der Waals surface area contributed by atoms with Crippen LogP contribution >= 0.6 is 12.4 Å². The summed E-state index contributed by atoms with van der Waals surface area (Å²) in [5, 5.41) is 0. The van der Waals surface area contributed by atoms with Crippen LogP contribution in [0.3, 0.4) is 0 Å². The van der Waals surface area contributed by atoms with Crippen molar-refractivity contribution in [3.05, 3.63) is 48.3 Å². The molecular formula is C12H10ClNO. The Hall–Kier alpha value is -1.54. The summed E-state index contributed by atoms with van der Waals surface area (Å²) in [6.45, 7) is 0.577. The van der Waals surface area contributed by atoms with E-state index in [1.807, 2.05) is 24.3 Å². The Morgan fingerprint density at radius 3 is 2.73 bits per heavy atom. The molecule has 0 unspecified atom stereocenters. The fraction of sp³-hybridized carbons (Fsp3) is 0.0833. The van der Waals surface area contributed by atoms with Crippen LogP contribution in [0.1, 0.15) is 5.69 Å². The topological polar surface area (TPSA) is 22.1 Å². The lowest BCUT2D eigenvalue weighted by Gasteiger charge is -2.19. The molecule has 0 radical (unpaired) electrons. The van der Waals surface area contributed by atoms with E-state index in [0.717, 1.165) is 17.0 Å². The van der Waals surface area contributed by atoms with Crippen molar-refractivity contribution in [3.63, 3.8) is 0 Å². The minimum Gasteiger partial charge on any atom is -0.487 e. The smallest absolute Gasteiger partial charge is 0.131 e. The van der Waals surface area contributed by atoms with Crippen LogP contribution < -0.4 is 4.74 Å². The Labute approximate surface area is 94.3 Å². The van der Waals surface area contributed by atoms with Crippen LogP contribution in [0.2, 0.25) is 0 Å². The Kier molecular flexibility index (Phi) is 2.60. The molecule has 0 saturated heterocycles. The molecule has 2 heterocycles. The number of fused-ring (bicyclic) bond motifs is 3. The van der Waals surface area contributed by atoms with Gasteiger partial charge in [0.25, 0.3) is 0 Å². The van der Waals surface area contributed by atoms with Gasteiger partial charge in [-0.3, -0.25) is 4.98 Å². The Bertz CT molecular complexity index is 439. The number of hydrogen-bond donors (Lipinski definition) is 0.